The summed E-state index contributed by atoms with van der Waals surface area (Å²) in [6, 6.07) is -0.348. The Labute approximate surface area is 144 Å². The topological polar surface area (TPSA) is 136 Å². The Hall–Kier alpha value is -2.63. The molecule has 0 saturated carbocycles. The van der Waals surface area contributed by atoms with Crippen LogP contribution in [-0.2, 0) is 19.2 Å². The first-order valence-electron chi connectivity index (χ1n) is 7.54. The molecule has 0 aliphatic carbocycles. The van der Waals surface area contributed by atoms with E-state index in [1.807, 2.05) is 0 Å². The van der Waals surface area contributed by atoms with Crippen molar-refractivity contribution in [3.8, 4) is 0 Å². The predicted octanol–water partition coefficient (Wildman–Crippen LogP) is -0.703. The van der Waals surface area contributed by atoms with Gasteiger partial charge >= 0.3 is 18.1 Å². The molecule has 26 heavy (non-hydrogen) atoms. The van der Waals surface area contributed by atoms with Crippen molar-refractivity contribution in [1.82, 2.24) is 15.5 Å². The van der Waals surface area contributed by atoms with Crippen LogP contribution in [0.4, 0.5) is 13.2 Å². The van der Waals surface area contributed by atoms with Crippen LogP contribution in [0.1, 0.15) is 13.3 Å². The smallest absolute Gasteiger partial charge is 0.477 e. The van der Waals surface area contributed by atoms with Crippen LogP contribution in [0, 0.1) is 5.92 Å². The minimum Gasteiger partial charge on any atom is -0.477 e. The summed E-state index contributed by atoms with van der Waals surface area (Å²) in [6.45, 7) is 2.29. The van der Waals surface area contributed by atoms with Crippen molar-refractivity contribution in [2.75, 3.05) is 13.1 Å². The number of piperidine rings is 1. The molecule has 0 aromatic rings. The fourth-order valence-electron chi connectivity index (χ4n) is 3.34. The summed E-state index contributed by atoms with van der Waals surface area (Å²) in [5, 5.41) is 22.2. The van der Waals surface area contributed by atoms with Gasteiger partial charge in [0.25, 0.3) is 0 Å². The van der Waals surface area contributed by atoms with E-state index in [0.717, 1.165) is 6.42 Å². The van der Waals surface area contributed by atoms with Gasteiger partial charge in [-0.1, -0.05) is 0 Å². The number of carbonyl (C=O) groups is 4. The third kappa shape index (κ3) is 3.49. The third-order valence-electron chi connectivity index (χ3n) is 4.34. The van der Waals surface area contributed by atoms with Gasteiger partial charge in [0, 0.05) is 19.4 Å². The van der Waals surface area contributed by atoms with Gasteiger partial charge in [-0.05, 0) is 18.5 Å². The average Bonchev–Trinajstić information content (AvgIpc) is 2.85. The molecule has 3 heterocycles. The van der Waals surface area contributed by atoms with Gasteiger partial charge in [0.15, 0.2) is 0 Å². The Balaban J connectivity index is 0.000000298. The number of nitrogens with zero attached hydrogens (tertiary/aromatic N) is 1. The van der Waals surface area contributed by atoms with Gasteiger partial charge in [0.1, 0.15) is 11.7 Å². The number of amides is 2. The molecule has 1 unspecified atom stereocenters. The number of aliphatic carboxylic acids is 2. The summed E-state index contributed by atoms with van der Waals surface area (Å²) in [5.41, 5.74) is 0.735. The molecule has 2 saturated heterocycles. The van der Waals surface area contributed by atoms with E-state index in [-0.39, 0.29) is 42.1 Å². The first-order valence-corrected chi connectivity index (χ1v) is 7.54. The molecule has 2 fully saturated rings. The van der Waals surface area contributed by atoms with Crippen molar-refractivity contribution in [2.24, 2.45) is 5.92 Å². The summed E-state index contributed by atoms with van der Waals surface area (Å²) in [6.07, 6.45) is -4.29. The number of carbonyl (C=O) groups excluding carboxylic acids is 2. The largest absolute Gasteiger partial charge is 0.490 e. The van der Waals surface area contributed by atoms with E-state index in [9.17, 15) is 32.7 Å². The minimum atomic E-state index is -5.08. The van der Waals surface area contributed by atoms with E-state index in [0.29, 0.717) is 12.1 Å². The lowest BCUT2D eigenvalue weighted by atomic mass is 9.79. The highest BCUT2D eigenvalue weighted by Crippen LogP contribution is 2.45. The first-order chi connectivity index (χ1) is 12.0. The van der Waals surface area contributed by atoms with Crippen LogP contribution in [0.2, 0.25) is 0 Å². The summed E-state index contributed by atoms with van der Waals surface area (Å²) < 4.78 is 31.7. The van der Waals surface area contributed by atoms with Crippen molar-refractivity contribution in [1.29, 1.82) is 0 Å². The number of hydrogen-bond donors (Lipinski definition) is 4. The van der Waals surface area contributed by atoms with Crippen molar-refractivity contribution < 1.29 is 42.6 Å². The van der Waals surface area contributed by atoms with Crippen LogP contribution in [0.15, 0.2) is 11.3 Å². The number of alkyl halides is 3. The molecule has 9 nitrogen and oxygen atoms in total. The molecule has 3 rings (SSSR count). The summed E-state index contributed by atoms with van der Waals surface area (Å²) in [4.78, 5) is 44.6. The summed E-state index contributed by atoms with van der Waals surface area (Å²) in [7, 11) is 0. The van der Waals surface area contributed by atoms with Crippen LogP contribution < -0.4 is 10.6 Å². The zero-order valence-corrected chi connectivity index (χ0v) is 13.5. The lowest BCUT2D eigenvalue weighted by Gasteiger charge is -2.48. The van der Waals surface area contributed by atoms with Crippen LogP contribution in [0.25, 0.3) is 0 Å². The van der Waals surface area contributed by atoms with E-state index in [1.165, 1.54) is 11.8 Å². The first kappa shape index (κ1) is 19.7. The maximum absolute atomic E-state index is 11.9. The molecule has 0 spiro atoms. The molecule has 12 heteroatoms. The maximum Gasteiger partial charge on any atom is 0.490 e. The van der Waals surface area contributed by atoms with Gasteiger partial charge in [-0.3, -0.25) is 14.5 Å². The monoisotopic (exact) mass is 379 g/mol. The summed E-state index contributed by atoms with van der Waals surface area (Å²) >= 11 is 0. The molecule has 0 bridgehead atoms. The number of rotatable bonds is 3. The second-order valence-electron chi connectivity index (χ2n) is 5.92. The van der Waals surface area contributed by atoms with Crippen LogP contribution in [0.3, 0.4) is 0 Å². The SMILES string of the molecule is CC(=O)NCC1=C(C(=O)O)N2C(=O)[C@H]3NCCC1[C@H]32.O=C(O)C(F)(F)F. The minimum absolute atomic E-state index is 0.0434. The van der Waals surface area contributed by atoms with E-state index in [4.69, 9.17) is 9.90 Å². The molecule has 3 aliphatic rings. The quantitative estimate of drug-likeness (QED) is 0.476. The lowest BCUT2D eigenvalue weighted by Crippen LogP contribution is -2.72. The Morgan fingerprint density at radius 1 is 1.31 bits per heavy atom. The van der Waals surface area contributed by atoms with Gasteiger partial charge in [-0.25, -0.2) is 9.59 Å². The molecule has 0 aromatic heterocycles. The van der Waals surface area contributed by atoms with Gasteiger partial charge in [0.2, 0.25) is 11.8 Å². The van der Waals surface area contributed by atoms with Gasteiger partial charge in [0.05, 0.1) is 6.04 Å². The Morgan fingerprint density at radius 3 is 2.35 bits per heavy atom. The summed E-state index contributed by atoms with van der Waals surface area (Å²) in [5.74, 6) is -4.19. The number of carboxylic acids is 2. The number of halogens is 3. The standard InChI is InChI=1S/C12H15N3O4.C2HF3O2/c1-5(16)14-4-7-6-2-3-13-8-9(6)15(11(8)17)10(7)12(18)19;3-2(4,5)1(6)7/h6,8-9,13H,2-4H2,1H3,(H,14,16)(H,18,19);(H,6,7)/t6?,8-,9+;/m0./s1. The van der Waals surface area contributed by atoms with E-state index in [2.05, 4.69) is 10.6 Å². The molecular formula is C14H16F3N3O6. The molecule has 3 aliphatic heterocycles. The molecule has 0 radical (unpaired) electrons. The Morgan fingerprint density at radius 2 is 1.88 bits per heavy atom. The van der Waals surface area contributed by atoms with Crippen LogP contribution in [-0.4, -0.2) is 70.2 Å². The number of β-lactam (4-membered cyclic amide) rings is 1. The Kier molecular flexibility index (Phi) is 5.26. The lowest BCUT2D eigenvalue weighted by molar-refractivity contribution is -0.192. The highest BCUT2D eigenvalue weighted by atomic mass is 19.4. The fraction of sp³-hybridized carbons (Fsp3) is 0.571. The maximum atomic E-state index is 11.9. The van der Waals surface area contributed by atoms with Gasteiger partial charge < -0.3 is 20.8 Å². The normalized spacial score (nSPS) is 26.4. The third-order valence-corrected chi connectivity index (χ3v) is 4.34. The number of hydrogen-bond acceptors (Lipinski definition) is 5. The molecule has 2 amide bonds. The predicted molar refractivity (Wildman–Crippen MR) is 77.6 cm³/mol. The molecule has 4 N–H and O–H groups in total. The van der Waals surface area contributed by atoms with E-state index in [1.54, 1.807) is 0 Å². The highest BCUT2D eigenvalue weighted by Gasteiger charge is 2.60. The van der Waals surface area contributed by atoms with Crippen molar-refractivity contribution >= 4 is 23.8 Å². The molecule has 0 aromatic carbocycles. The molecule has 3 atom stereocenters. The number of nitrogens with one attached hydrogen (secondary N) is 2. The zero-order valence-electron chi connectivity index (χ0n) is 13.5. The average molecular weight is 379 g/mol. The highest BCUT2D eigenvalue weighted by molar-refractivity contribution is 6.01. The van der Waals surface area contributed by atoms with E-state index < -0.39 is 18.1 Å². The van der Waals surface area contributed by atoms with Crippen molar-refractivity contribution in [2.45, 2.75) is 31.6 Å². The van der Waals surface area contributed by atoms with Crippen molar-refractivity contribution in [3.63, 3.8) is 0 Å². The van der Waals surface area contributed by atoms with Crippen LogP contribution in [0.5, 0.6) is 0 Å². The number of carboxylic acid groups (broad SMARTS) is 2. The van der Waals surface area contributed by atoms with Gasteiger partial charge in [-0.15, -0.1) is 0 Å². The molecule has 144 valence electrons. The molecular weight excluding hydrogens is 363 g/mol. The van der Waals surface area contributed by atoms with Crippen molar-refractivity contribution in [3.05, 3.63) is 11.3 Å². The van der Waals surface area contributed by atoms with Gasteiger partial charge in [-0.2, -0.15) is 13.2 Å². The van der Waals surface area contributed by atoms with E-state index >= 15 is 0 Å². The zero-order chi connectivity index (χ0) is 19.8. The second-order valence-corrected chi connectivity index (χ2v) is 5.92. The van der Waals surface area contributed by atoms with Crippen LogP contribution >= 0.6 is 0 Å². The fourth-order valence-corrected chi connectivity index (χ4v) is 3.34. The second kappa shape index (κ2) is 6.94. The Bertz CT molecular complexity index is 690.